The number of thioether (sulfide) groups is 1. The molecule has 2 aliphatic rings. The molecule has 1 saturated heterocycles. The first kappa shape index (κ1) is 13.9. The van der Waals surface area contributed by atoms with E-state index >= 15 is 0 Å². The van der Waals surface area contributed by atoms with E-state index in [1.54, 1.807) is 0 Å². The third kappa shape index (κ3) is 2.57. The van der Waals surface area contributed by atoms with Gasteiger partial charge in [-0.3, -0.25) is 14.5 Å². The molecule has 5 heteroatoms. The topological polar surface area (TPSA) is 49.4 Å². The second-order valence-electron chi connectivity index (χ2n) is 5.26. The van der Waals surface area contributed by atoms with Gasteiger partial charge in [-0.1, -0.05) is 13.3 Å². The molecule has 1 heterocycles. The Morgan fingerprint density at radius 3 is 2.67 bits per heavy atom. The van der Waals surface area contributed by atoms with E-state index in [1.807, 2.05) is 18.7 Å². The summed E-state index contributed by atoms with van der Waals surface area (Å²) in [6, 6.07) is -0.284. The predicted octanol–water partition coefficient (Wildman–Crippen LogP) is 1.40. The van der Waals surface area contributed by atoms with Crippen LogP contribution in [0.3, 0.4) is 0 Å². The molecule has 0 radical (unpaired) electrons. The van der Waals surface area contributed by atoms with E-state index in [4.69, 9.17) is 0 Å². The zero-order valence-electron chi connectivity index (χ0n) is 11.2. The van der Waals surface area contributed by atoms with Gasteiger partial charge in [0.15, 0.2) is 0 Å². The average Bonchev–Trinajstić information content (AvgIpc) is 2.57. The van der Waals surface area contributed by atoms with Crippen molar-refractivity contribution in [2.24, 2.45) is 0 Å². The maximum absolute atomic E-state index is 12.1. The van der Waals surface area contributed by atoms with E-state index in [0.29, 0.717) is 17.7 Å². The fraction of sp³-hybridized carbons (Fsp3) is 0.846. The summed E-state index contributed by atoms with van der Waals surface area (Å²) in [5.74, 6) is -0.0522. The SMILES string of the molecule is CCCN1C(=O)CC(NCC2(SC)CCC2)C1=O. The number of carbonyl (C=O) groups excluding carboxylic acids is 2. The summed E-state index contributed by atoms with van der Waals surface area (Å²) < 4.78 is 0.307. The molecular weight excluding hydrogens is 248 g/mol. The molecule has 2 rings (SSSR count). The maximum atomic E-state index is 12.1. The van der Waals surface area contributed by atoms with Gasteiger partial charge in [-0.25, -0.2) is 0 Å². The molecule has 1 N–H and O–H groups in total. The van der Waals surface area contributed by atoms with Gasteiger partial charge in [0.05, 0.1) is 12.5 Å². The smallest absolute Gasteiger partial charge is 0.246 e. The fourth-order valence-corrected chi connectivity index (χ4v) is 3.56. The van der Waals surface area contributed by atoms with Crippen molar-refractivity contribution in [3.8, 4) is 0 Å². The molecule has 1 aliphatic heterocycles. The molecule has 0 aromatic heterocycles. The van der Waals surface area contributed by atoms with Gasteiger partial charge in [-0.05, 0) is 25.5 Å². The lowest BCUT2D eigenvalue weighted by molar-refractivity contribution is -0.138. The first-order chi connectivity index (χ1) is 8.62. The van der Waals surface area contributed by atoms with Gasteiger partial charge < -0.3 is 5.32 Å². The Bertz CT molecular complexity index is 336. The molecule has 0 spiro atoms. The third-order valence-corrected chi connectivity index (χ3v) is 5.48. The van der Waals surface area contributed by atoms with Gasteiger partial charge in [0.25, 0.3) is 0 Å². The minimum atomic E-state index is -0.284. The molecule has 1 aliphatic carbocycles. The van der Waals surface area contributed by atoms with Crippen LogP contribution in [-0.2, 0) is 9.59 Å². The Hall–Kier alpha value is -0.550. The molecular formula is C13H22N2O2S. The van der Waals surface area contributed by atoms with Crippen LogP contribution in [0.2, 0.25) is 0 Å². The van der Waals surface area contributed by atoms with Gasteiger partial charge in [-0.15, -0.1) is 0 Å². The Labute approximate surface area is 113 Å². The second-order valence-corrected chi connectivity index (χ2v) is 6.54. The molecule has 102 valence electrons. The Kier molecular flexibility index (Phi) is 4.33. The Morgan fingerprint density at radius 2 is 2.17 bits per heavy atom. The number of amides is 2. The number of rotatable bonds is 6. The van der Waals surface area contributed by atoms with E-state index in [-0.39, 0.29) is 17.9 Å². The largest absolute Gasteiger partial charge is 0.304 e. The standard InChI is InChI=1S/C13H22N2O2S/c1-3-7-15-11(16)8-10(12(15)17)14-9-13(18-2)5-4-6-13/h10,14H,3-9H2,1-2H3. The minimum absolute atomic E-state index is 0.0221. The number of likely N-dealkylation sites (tertiary alicyclic amines) is 1. The van der Waals surface area contributed by atoms with Crippen molar-refractivity contribution < 1.29 is 9.59 Å². The van der Waals surface area contributed by atoms with Crippen LogP contribution in [-0.4, -0.2) is 46.8 Å². The second kappa shape index (κ2) is 5.61. The number of nitrogens with one attached hydrogen (secondary N) is 1. The molecule has 18 heavy (non-hydrogen) atoms. The highest BCUT2D eigenvalue weighted by atomic mass is 32.2. The van der Waals surface area contributed by atoms with Crippen LogP contribution in [0, 0.1) is 0 Å². The zero-order chi connectivity index (χ0) is 13.2. The number of nitrogens with zero attached hydrogens (tertiary/aromatic N) is 1. The Balaban J connectivity index is 1.87. The zero-order valence-corrected chi connectivity index (χ0v) is 12.0. The molecule has 2 amide bonds. The summed E-state index contributed by atoms with van der Waals surface area (Å²) in [7, 11) is 0. The first-order valence-corrected chi connectivity index (χ1v) is 7.97. The molecule has 1 atom stereocenters. The highest BCUT2D eigenvalue weighted by Crippen LogP contribution is 2.42. The lowest BCUT2D eigenvalue weighted by Crippen LogP contribution is -2.48. The summed E-state index contributed by atoms with van der Waals surface area (Å²) in [5.41, 5.74) is 0. The predicted molar refractivity (Wildman–Crippen MR) is 73.5 cm³/mol. The molecule has 1 saturated carbocycles. The lowest BCUT2D eigenvalue weighted by atomic mass is 9.84. The average molecular weight is 270 g/mol. The monoisotopic (exact) mass is 270 g/mol. The number of imide groups is 1. The van der Waals surface area contributed by atoms with Crippen LogP contribution < -0.4 is 5.32 Å². The van der Waals surface area contributed by atoms with Crippen molar-refractivity contribution in [3.63, 3.8) is 0 Å². The summed E-state index contributed by atoms with van der Waals surface area (Å²) >= 11 is 1.88. The van der Waals surface area contributed by atoms with Gasteiger partial charge >= 0.3 is 0 Å². The van der Waals surface area contributed by atoms with Gasteiger partial charge in [0.2, 0.25) is 11.8 Å². The number of hydrogen-bond acceptors (Lipinski definition) is 4. The third-order valence-electron chi connectivity index (χ3n) is 4.06. The van der Waals surface area contributed by atoms with Crippen LogP contribution in [0.5, 0.6) is 0 Å². The van der Waals surface area contributed by atoms with Gasteiger partial charge in [-0.2, -0.15) is 11.8 Å². The Morgan fingerprint density at radius 1 is 1.44 bits per heavy atom. The highest BCUT2D eigenvalue weighted by molar-refractivity contribution is 8.00. The van der Waals surface area contributed by atoms with Crippen LogP contribution >= 0.6 is 11.8 Å². The van der Waals surface area contributed by atoms with Crippen LogP contribution in [0.1, 0.15) is 39.0 Å². The summed E-state index contributed by atoms with van der Waals surface area (Å²) in [5, 5.41) is 3.31. The molecule has 4 nitrogen and oxygen atoms in total. The number of carbonyl (C=O) groups is 2. The van der Waals surface area contributed by atoms with E-state index in [0.717, 1.165) is 13.0 Å². The lowest BCUT2D eigenvalue weighted by Gasteiger charge is -2.41. The summed E-state index contributed by atoms with van der Waals surface area (Å²) in [4.78, 5) is 25.2. The summed E-state index contributed by atoms with van der Waals surface area (Å²) in [6.07, 6.45) is 7.01. The van der Waals surface area contributed by atoms with Crippen molar-refractivity contribution in [2.75, 3.05) is 19.3 Å². The van der Waals surface area contributed by atoms with E-state index < -0.39 is 0 Å². The summed E-state index contributed by atoms with van der Waals surface area (Å²) in [6.45, 7) is 3.39. The van der Waals surface area contributed by atoms with Crippen LogP contribution in [0.25, 0.3) is 0 Å². The molecule has 2 fully saturated rings. The molecule has 1 unspecified atom stereocenters. The number of hydrogen-bond donors (Lipinski definition) is 1. The highest BCUT2D eigenvalue weighted by Gasteiger charge is 2.41. The van der Waals surface area contributed by atoms with Crippen molar-refractivity contribution in [2.45, 2.75) is 49.8 Å². The molecule has 0 aromatic carbocycles. The van der Waals surface area contributed by atoms with E-state index in [9.17, 15) is 9.59 Å². The van der Waals surface area contributed by atoms with Crippen molar-refractivity contribution in [1.82, 2.24) is 10.2 Å². The van der Waals surface area contributed by atoms with Crippen molar-refractivity contribution >= 4 is 23.6 Å². The normalized spacial score (nSPS) is 26.6. The van der Waals surface area contributed by atoms with Crippen LogP contribution in [0.15, 0.2) is 0 Å². The van der Waals surface area contributed by atoms with Gasteiger partial charge in [0.1, 0.15) is 0 Å². The first-order valence-electron chi connectivity index (χ1n) is 6.74. The molecule has 0 bridgehead atoms. The van der Waals surface area contributed by atoms with Crippen LogP contribution in [0.4, 0.5) is 0 Å². The van der Waals surface area contributed by atoms with E-state index in [2.05, 4.69) is 11.6 Å². The van der Waals surface area contributed by atoms with Crippen molar-refractivity contribution in [3.05, 3.63) is 0 Å². The van der Waals surface area contributed by atoms with Crippen molar-refractivity contribution in [1.29, 1.82) is 0 Å². The van der Waals surface area contributed by atoms with E-state index in [1.165, 1.54) is 24.2 Å². The quantitative estimate of drug-likeness (QED) is 0.741. The maximum Gasteiger partial charge on any atom is 0.246 e. The molecule has 0 aromatic rings. The fourth-order valence-electron chi connectivity index (χ4n) is 2.63. The van der Waals surface area contributed by atoms with Gasteiger partial charge in [0, 0.05) is 17.8 Å². The minimum Gasteiger partial charge on any atom is -0.304 e.